The molecule has 0 aliphatic carbocycles. The van der Waals surface area contributed by atoms with Crippen molar-refractivity contribution in [1.29, 1.82) is 0 Å². The maximum atomic E-state index is 14.6. The second-order valence-corrected chi connectivity index (χ2v) is 8.70. The highest BCUT2D eigenvalue weighted by molar-refractivity contribution is 5.98. The van der Waals surface area contributed by atoms with Gasteiger partial charge in [0, 0.05) is 55.2 Å². The molecule has 2 aromatic heterocycles. The van der Waals surface area contributed by atoms with E-state index in [9.17, 15) is 23.9 Å². The normalized spacial score (nSPS) is 22.5. The van der Waals surface area contributed by atoms with Gasteiger partial charge in [0.15, 0.2) is 0 Å². The van der Waals surface area contributed by atoms with Crippen molar-refractivity contribution in [2.45, 2.75) is 25.6 Å². The van der Waals surface area contributed by atoms with E-state index in [1.54, 1.807) is 42.1 Å². The number of aliphatic hydroxyl groups is 1. The molecular weight excluding hydrogens is 453 g/mol. The highest BCUT2D eigenvalue weighted by Gasteiger charge is 2.57. The Balaban J connectivity index is 1.65. The van der Waals surface area contributed by atoms with Crippen LogP contribution in [0, 0.1) is 17.7 Å². The fourth-order valence-corrected chi connectivity index (χ4v) is 5.42. The first kappa shape index (κ1) is 22.9. The number of fused-ring (bicyclic) bond motifs is 3. The zero-order valence-corrected chi connectivity index (χ0v) is 19.0. The van der Waals surface area contributed by atoms with Crippen LogP contribution in [0.1, 0.15) is 29.0 Å². The molecule has 9 nitrogen and oxygen atoms in total. The molecule has 0 spiro atoms. The Morgan fingerprint density at radius 2 is 1.91 bits per heavy atom. The number of hydrogen-bond donors (Lipinski definition) is 2. The number of aromatic nitrogens is 3. The average molecular weight is 477 g/mol. The van der Waals surface area contributed by atoms with Gasteiger partial charge in [-0.3, -0.25) is 14.4 Å². The van der Waals surface area contributed by atoms with E-state index in [0.717, 1.165) is 0 Å². The van der Waals surface area contributed by atoms with E-state index in [2.05, 4.69) is 15.3 Å². The molecule has 0 bridgehead atoms. The fraction of sp³-hybridized carbons (Fsp3) is 0.320. The number of nitrogens with zero attached hydrogens (tertiary/aromatic N) is 4. The van der Waals surface area contributed by atoms with Crippen LogP contribution in [0.5, 0.6) is 0 Å². The van der Waals surface area contributed by atoms with Gasteiger partial charge < -0.3 is 19.9 Å². The number of benzene rings is 1. The van der Waals surface area contributed by atoms with E-state index in [0.29, 0.717) is 23.4 Å². The molecule has 1 saturated heterocycles. The van der Waals surface area contributed by atoms with Crippen LogP contribution in [0.2, 0.25) is 0 Å². The summed E-state index contributed by atoms with van der Waals surface area (Å²) in [6.45, 7) is 1.94. The zero-order valence-electron chi connectivity index (χ0n) is 19.0. The monoisotopic (exact) mass is 477 g/mol. The minimum Gasteiger partial charge on any atom is -0.396 e. The Bertz CT molecular complexity index is 1350. The average Bonchev–Trinajstić information content (AvgIpc) is 3.40. The van der Waals surface area contributed by atoms with Crippen LogP contribution >= 0.6 is 0 Å². The number of hydrogen-bond acceptors (Lipinski definition) is 6. The van der Waals surface area contributed by atoms with Crippen molar-refractivity contribution in [3.05, 3.63) is 82.5 Å². The number of carbonyl (C=O) groups is 2. The Morgan fingerprint density at radius 3 is 2.60 bits per heavy atom. The molecule has 2 amide bonds. The van der Waals surface area contributed by atoms with Gasteiger partial charge >= 0.3 is 0 Å². The molecule has 0 radical (unpaired) electrons. The lowest BCUT2D eigenvalue weighted by Crippen LogP contribution is -2.50. The van der Waals surface area contributed by atoms with Gasteiger partial charge in [-0.15, -0.1) is 0 Å². The molecule has 3 aromatic rings. The number of halogens is 1. The molecule has 5 rings (SSSR count). The summed E-state index contributed by atoms with van der Waals surface area (Å²) in [6.07, 6.45) is 4.46. The Morgan fingerprint density at radius 1 is 1.17 bits per heavy atom. The zero-order chi connectivity index (χ0) is 24.7. The van der Waals surface area contributed by atoms with Gasteiger partial charge in [-0.1, -0.05) is 12.1 Å². The largest absolute Gasteiger partial charge is 0.396 e. The number of nitrogens with one attached hydrogen (secondary N) is 1. The van der Waals surface area contributed by atoms with E-state index in [-0.39, 0.29) is 24.3 Å². The summed E-state index contributed by atoms with van der Waals surface area (Å²) in [5.74, 6) is -2.82. The first-order valence-electron chi connectivity index (χ1n) is 11.4. The SMILES string of the molecule is CCNC(=O)[C@@H]1[C@@H](CO)[C@@H]2Cn3c(ccc(-c4cncnc4)c3=O)[C@@H]2N1C(=O)c1ccccc1F. The Hall–Kier alpha value is -3.92. The summed E-state index contributed by atoms with van der Waals surface area (Å²) in [7, 11) is 0. The highest BCUT2D eigenvalue weighted by atomic mass is 19.1. The van der Waals surface area contributed by atoms with Crippen LogP contribution in [-0.2, 0) is 11.3 Å². The van der Waals surface area contributed by atoms with Crippen molar-refractivity contribution in [3.63, 3.8) is 0 Å². The van der Waals surface area contributed by atoms with Crippen LogP contribution in [0.4, 0.5) is 4.39 Å². The fourth-order valence-electron chi connectivity index (χ4n) is 5.42. The smallest absolute Gasteiger partial charge is 0.258 e. The summed E-state index contributed by atoms with van der Waals surface area (Å²) in [6, 6.07) is 7.29. The summed E-state index contributed by atoms with van der Waals surface area (Å²) in [5.41, 5.74) is 1.05. The minimum atomic E-state index is -1.01. The number of likely N-dealkylation sites (N-methyl/N-ethyl adjacent to an activating group) is 1. The van der Waals surface area contributed by atoms with Crippen molar-refractivity contribution >= 4 is 11.8 Å². The molecule has 4 atom stereocenters. The van der Waals surface area contributed by atoms with Gasteiger partial charge in [0.25, 0.3) is 11.5 Å². The van der Waals surface area contributed by atoms with Gasteiger partial charge in [0.05, 0.1) is 17.2 Å². The van der Waals surface area contributed by atoms with Gasteiger partial charge in [0.2, 0.25) is 5.91 Å². The second kappa shape index (κ2) is 9.03. The molecule has 0 saturated carbocycles. The van der Waals surface area contributed by atoms with Crippen LogP contribution in [0.3, 0.4) is 0 Å². The lowest BCUT2D eigenvalue weighted by molar-refractivity contribution is -0.126. The van der Waals surface area contributed by atoms with Crippen LogP contribution in [0.15, 0.2) is 59.9 Å². The van der Waals surface area contributed by atoms with Crippen LogP contribution in [-0.4, -0.2) is 55.5 Å². The summed E-state index contributed by atoms with van der Waals surface area (Å²) in [5, 5.41) is 13.0. The van der Waals surface area contributed by atoms with E-state index in [1.807, 2.05) is 0 Å². The van der Waals surface area contributed by atoms with E-state index >= 15 is 0 Å². The molecular formula is C25H24FN5O4. The number of aliphatic hydroxyl groups excluding tert-OH is 1. The second-order valence-electron chi connectivity index (χ2n) is 8.70. The number of carbonyl (C=O) groups excluding carboxylic acids is 2. The maximum Gasteiger partial charge on any atom is 0.258 e. The van der Waals surface area contributed by atoms with E-state index in [4.69, 9.17) is 0 Å². The molecule has 1 fully saturated rings. The molecule has 1 aromatic carbocycles. The van der Waals surface area contributed by atoms with E-state index < -0.39 is 41.6 Å². The molecule has 10 heteroatoms. The first-order valence-corrected chi connectivity index (χ1v) is 11.4. The van der Waals surface area contributed by atoms with Crippen molar-refractivity contribution in [2.24, 2.45) is 11.8 Å². The summed E-state index contributed by atoms with van der Waals surface area (Å²) < 4.78 is 16.2. The molecule has 2 aliphatic heterocycles. The Labute approximate surface area is 200 Å². The standard InChI is InChI=1S/C25H24FN5O4/c1-2-29-23(33)22-18(12-32)17-11-30-20(8-7-15(24(30)34)14-9-27-13-28-10-14)21(17)31(22)25(35)16-5-3-4-6-19(16)26/h3-10,13,17-18,21-22,32H,2,11-12H2,1H3,(H,29,33)/t17-,18-,21+,22-/m0/s1. The molecule has 4 heterocycles. The minimum absolute atomic E-state index is 0.169. The molecule has 35 heavy (non-hydrogen) atoms. The number of pyridine rings is 1. The van der Waals surface area contributed by atoms with Gasteiger partial charge in [-0.25, -0.2) is 14.4 Å². The van der Waals surface area contributed by atoms with Gasteiger partial charge in [-0.2, -0.15) is 0 Å². The van der Waals surface area contributed by atoms with Crippen molar-refractivity contribution in [2.75, 3.05) is 13.2 Å². The molecule has 2 aliphatic rings. The topological polar surface area (TPSA) is 117 Å². The van der Waals surface area contributed by atoms with E-state index in [1.165, 1.54) is 29.4 Å². The van der Waals surface area contributed by atoms with Crippen molar-refractivity contribution < 1.29 is 19.1 Å². The van der Waals surface area contributed by atoms with Crippen LogP contribution < -0.4 is 10.9 Å². The predicted octanol–water partition coefficient (Wildman–Crippen LogP) is 1.38. The number of amides is 2. The first-order chi connectivity index (χ1) is 17.0. The van der Waals surface area contributed by atoms with Crippen molar-refractivity contribution in [1.82, 2.24) is 24.8 Å². The number of likely N-dealkylation sites (tertiary alicyclic amines) is 1. The molecule has 180 valence electrons. The quantitative estimate of drug-likeness (QED) is 0.574. The Kier molecular flexibility index (Phi) is 5.89. The summed E-state index contributed by atoms with van der Waals surface area (Å²) >= 11 is 0. The van der Waals surface area contributed by atoms with Gasteiger partial charge in [-0.05, 0) is 31.2 Å². The summed E-state index contributed by atoms with van der Waals surface area (Å²) in [4.78, 5) is 49.5. The van der Waals surface area contributed by atoms with Crippen LogP contribution in [0.25, 0.3) is 11.1 Å². The lowest BCUT2D eigenvalue weighted by Gasteiger charge is -2.31. The van der Waals surface area contributed by atoms with Crippen molar-refractivity contribution in [3.8, 4) is 11.1 Å². The molecule has 2 N–H and O–H groups in total. The highest BCUT2D eigenvalue weighted by Crippen LogP contribution is 2.50. The molecule has 0 unspecified atom stereocenters. The predicted molar refractivity (Wildman–Crippen MR) is 124 cm³/mol. The number of rotatable bonds is 5. The third-order valence-corrected chi connectivity index (χ3v) is 6.91. The third kappa shape index (κ3) is 3.61. The third-order valence-electron chi connectivity index (χ3n) is 6.91. The van der Waals surface area contributed by atoms with Gasteiger partial charge in [0.1, 0.15) is 18.2 Å². The maximum absolute atomic E-state index is 14.6. The lowest BCUT2D eigenvalue weighted by atomic mass is 9.88.